The normalized spacial score (nSPS) is 24.3. The summed E-state index contributed by atoms with van der Waals surface area (Å²) in [7, 11) is 0. The Morgan fingerprint density at radius 3 is 2.63 bits per heavy atom. The maximum absolute atomic E-state index is 12.9. The van der Waals surface area contributed by atoms with Crippen LogP contribution in [0.4, 0.5) is 13.2 Å². The van der Waals surface area contributed by atoms with Crippen molar-refractivity contribution in [2.24, 2.45) is 5.73 Å². The molecule has 0 spiro atoms. The number of benzene rings is 1. The predicted molar refractivity (Wildman–Crippen MR) is 70.0 cm³/mol. The van der Waals surface area contributed by atoms with Gasteiger partial charge in [-0.05, 0) is 43.9 Å². The van der Waals surface area contributed by atoms with Crippen molar-refractivity contribution in [1.29, 1.82) is 0 Å². The maximum atomic E-state index is 12.9. The molecule has 1 aliphatic rings. The third kappa shape index (κ3) is 3.86. The van der Waals surface area contributed by atoms with E-state index >= 15 is 0 Å². The first kappa shape index (κ1) is 14.7. The van der Waals surface area contributed by atoms with Crippen molar-refractivity contribution in [3.63, 3.8) is 0 Å². The fourth-order valence-electron chi connectivity index (χ4n) is 2.30. The summed E-state index contributed by atoms with van der Waals surface area (Å²) in [6, 6.07) is 3.77. The molecular weight excluding hydrogens is 323 g/mol. The molecule has 2 N–H and O–H groups in total. The highest BCUT2D eigenvalue weighted by molar-refractivity contribution is 9.10. The van der Waals surface area contributed by atoms with Crippen molar-refractivity contribution in [2.45, 2.75) is 44.0 Å². The zero-order valence-corrected chi connectivity index (χ0v) is 11.8. The van der Waals surface area contributed by atoms with Crippen LogP contribution in [-0.4, -0.2) is 12.1 Å². The van der Waals surface area contributed by atoms with E-state index in [4.69, 9.17) is 10.5 Å². The van der Waals surface area contributed by atoms with E-state index < -0.39 is 11.7 Å². The average Bonchev–Trinajstić information content (AvgIpc) is 2.27. The first-order chi connectivity index (χ1) is 8.86. The Bertz CT molecular complexity index is 450. The van der Waals surface area contributed by atoms with Gasteiger partial charge in [-0.1, -0.05) is 15.9 Å². The van der Waals surface area contributed by atoms with Crippen molar-refractivity contribution in [1.82, 2.24) is 0 Å². The van der Waals surface area contributed by atoms with Crippen LogP contribution >= 0.6 is 15.9 Å². The molecule has 1 saturated carbocycles. The lowest BCUT2D eigenvalue weighted by molar-refractivity contribution is -0.139. The lowest BCUT2D eigenvalue weighted by Crippen LogP contribution is -2.34. The zero-order valence-electron chi connectivity index (χ0n) is 10.2. The molecule has 1 fully saturated rings. The van der Waals surface area contributed by atoms with Crippen LogP contribution in [0.25, 0.3) is 0 Å². The standard InChI is InChI=1S/C13H15BrF3NO/c14-8-4-5-11(13(15,16)17)12(6-8)19-10-3-1-2-9(18)7-10/h4-6,9-10H,1-3,7,18H2. The second kappa shape index (κ2) is 5.71. The van der Waals surface area contributed by atoms with E-state index in [1.165, 1.54) is 12.1 Å². The minimum atomic E-state index is -4.41. The number of rotatable bonds is 2. The lowest BCUT2D eigenvalue weighted by Gasteiger charge is -2.28. The van der Waals surface area contributed by atoms with Crippen LogP contribution in [0.1, 0.15) is 31.2 Å². The minimum Gasteiger partial charge on any atom is -0.490 e. The zero-order chi connectivity index (χ0) is 14.0. The monoisotopic (exact) mass is 337 g/mol. The van der Waals surface area contributed by atoms with Gasteiger partial charge in [0.2, 0.25) is 0 Å². The molecule has 0 bridgehead atoms. The fraction of sp³-hybridized carbons (Fsp3) is 0.538. The molecule has 1 aliphatic carbocycles. The Morgan fingerprint density at radius 1 is 1.26 bits per heavy atom. The third-order valence-electron chi connectivity index (χ3n) is 3.21. The van der Waals surface area contributed by atoms with Gasteiger partial charge < -0.3 is 10.5 Å². The summed E-state index contributed by atoms with van der Waals surface area (Å²) in [4.78, 5) is 0. The van der Waals surface area contributed by atoms with Gasteiger partial charge in [0.05, 0.1) is 5.56 Å². The highest BCUT2D eigenvalue weighted by Gasteiger charge is 2.35. The van der Waals surface area contributed by atoms with Crippen LogP contribution in [-0.2, 0) is 6.18 Å². The largest absolute Gasteiger partial charge is 0.490 e. The fourth-order valence-corrected chi connectivity index (χ4v) is 2.64. The van der Waals surface area contributed by atoms with Gasteiger partial charge in [0.1, 0.15) is 11.9 Å². The second-order valence-corrected chi connectivity index (χ2v) is 5.72. The molecular formula is C13H15BrF3NO. The minimum absolute atomic E-state index is 0.0141. The molecule has 2 nitrogen and oxygen atoms in total. The van der Waals surface area contributed by atoms with Crippen molar-refractivity contribution in [2.75, 3.05) is 0 Å². The molecule has 2 atom stereocenters. The first-order valence-corrected chi connectivity index (χ1v) is 6.94. The smallest absolute Gasteiger partial charge is 0.419 e. The van der Waals surface area contributed by atoms with Gasteiger partial charge in [-0.25, -0.2) is 0 Å². The Kier molecular flexibility index (Phi) is 4.40. The van der Waals surface area contributed by atoms with Crippen molar-refractivity contribution in [3.05, 3.63) is 28.2 Å². The molecule has 1 aromatic carbocycles. The second-order valence-electron chi connectivity index (χ2n) is 4.80. The maximum Gasteiger partial charge on any atom is 0.419 e. The van der Waals surface area contributed by atoms with Gasteiger partial charge in [0.15, 0.2) is 0 Å². The lowest BCUT2D eigenvalue weighted by atomic mass is 9.93. The molecule has 6 heteroatoms. The Hall–Kier alpha value is -0.750. The van der Waals surface area contributed by atoms with E-state index in [1.807, 2.05) is 0 Å². The quantitative estimate of drug-likeness (QED) is 0.881. The summed E-state index contributed by atoms with van der Waals surface area (Å²) in [5, 5.41) is 0. The van der Waals surface area contributed by atoms with Gasteiger partial charge in [0.25, 0.3) is 0 Å². The number of halogens is 4. The topological polar surface area (TPSA) is 35.2 Å². The van der Waals surface area contributed by atoms with Crippen molar-refractivity contribution < 1.29 is 17.9 Å². The molecule has 2 rings (SSSR count). The van der Waals surface area contributed by atoms with Gasteiger partial charge in [0, 0.05) is 10.5 Å². The van der Waals surface area contributed by atoms with Gasteiger partial charge in [-0.3, -0.25) is 0 Å². The van der Waals surface area contributed by atoms with Crippen LogP contribution in [0.3, 0.4) is 0 Å². The van der Waals surface area contributed by atoms with Gasteiger partial charge in [-0.15, -0.1) is 0 Å². The molecule has 0 heterocycles. The predicted octanol–water partition coefficient (Wildman–Crippen LogP) is 4.12. The van der Waals surface area contributed by atoms with E-state index in [-0.39, 0.29) is 17.9 Å². The molecule has 0 aliphatic heterocycles. The average molecular weight is 338 g/mol. The molecule has 0 amide bonds. The Labute approximate surface area is 118 Å². The highest BCUT2D eigenvalue weighted by Crippen LogP contribution is 2.39. The molecule has 106 valence electrons. The summed E-state index contributed by atoms with van der Waals surface area (Å²) in [5.74, 6) is -0.124. The van der Waals surface area contributed by atoms with Crippen molar-refractivity contribution in [3.8, 4) is 5.75 Å². The molecule has 1 aromatic rings. The van der Waals surface area contributed by atoms with Crippen LogP contribution < -0.4 is 10.5 Å². The third-order valence-corrected chi connectivity index (χ3v) is 3.70. The van der Waals surface area contributed by atoms with Gasteiger partial charge in [-0.2, -0.15) is 13.2 Å². The number of alkyl halides is 3. The molecule has 0 saturated heterocycles. The van der Waals surface area contributed by atoms with Crippen LogP contribution in [0.5, 0.6) is 5.75 Å². The van der Waals surface area contributed by atoms with E-state index in [9.17, 15) is 13.2 Å². The van der Waals surface area contributed by atoms with Crippen LogP contribution in [0.2, 0.25) is 0 Å². The van der Waals surface area contributed by atoms with Gasteiger partial charge >= 0.3 is 6.18 Å². The molecule has 19 heavy (non-hydrogen) atoms. The molecule has 2 unspecified atom stereocenters. The van der Waals surface area contributed by atoms with Crippen LogP contribution in [0, 0.1) is 0 Å². The first-order valence-electron chi connectivity index (χ1n) is 6.15. The molecule has 0 radical (unpaired) electrons. The van der Waals surface area contributed by atoms with Crippen LogP contribution in [0.15, 0.2) is 22.7 Å². The number of ether oxygens (including phenoxy) is 1. The van der Waals surface area contributed by atoms with E-state index in [0.717, 1.165) is 25.3 Å². The SMILES string of the molecule is NC1CCCC(Oc2cc(Br)ccc2C(F)(F)F)C1. The summed E-state index contributed by atoms with van der Waals surface area (Å²) in [6.07, 6.45) is -1.50. The van der Waals surface area contributed by atoms with E-state index in [2.05, 4.69) is 15.9 Å². The summed E-state index contributed by atoms with van der Waals surface area (Å²) in [5.41, 5.74) is 5.08. The number of hydrogen-bond acceptors (Lipinski definition) is 2. The Balaban J connectivity index is 2.21. The summed E-state index contributed by atoms with van der Waals surface area (Å²) < 4.78 is 44.8. The summed E-state index contributed by atoms with van der Waals surface area (Å²) in [6.45, 7) is 0. The van der Waals surface area contributed by atoms with E-state index in [1.54, 1.807) is 0 Å². The van der Waals surface area contributed by atoms with E-state index in [0.29, 0.717) is 10.9 Å². The Morgan fingerprint density at radius 2 is 2.00 bits per heavy atom. The number of nitrogens with two attached hydrogens (primary N) is 1. The summed E-state index contributed by atoms with van der Waals surface area (Å²) >= 11 is 3.17. The molecule has 0 aromatic heterocycles. The van der Waals surface area contributed by atoms with Crippen molar-refractivity contribution >= 4 is 15.9 Å². The highest BCUT2D eigenvalue weighted by atomic mass is 79.9. The number of hydrogen-bond donors (Lipinski definition) is 1.